The number of amides is 2. The Kier molecular flexibility index (Phi) is 7.14. The van der Waals surface area contributed by atoms with Crippen molar-refractivity contribution in [2.45, 2.75) is 13.5 Å². The van der Waals surface area contributed by atoms with E-state index in [9.17, 15) is 9.59 Å². The maximum absolute atomic E-state index is 12.9. The third kappa shape index (κ3) is 5.76. The number of thiophene rings is 1. The summed E-state index contributed by atoms with van der Waals surface area (Å²) >= 11 is 1.45. The fourth-order valence-electron chi connectivity index (χ4n) is 3.09. The summed E-state index contributed by atoms with van der Waals surface area (Å²) in [7, 11) is 1.55. The van der Waals surface area contributed by atoms with Crippen LogP contribution in [0.5, 0.6) is 5.75 Å². The van der Waals surface area contributed by atoms with Crippen LogP contribution in [-0.2, 0) is 11.3 Å². The number of benzene rings is 2. The molecule has 4 rings (SSSR count). The average Bonchev–Trinajstić information content (AvgIpc) is 3.54. The number of hydrogen-bond donors (Lipinski definition) is 2. The fraction of sp³-hybridized carbons (Fsp3) is 0.120. The molecule has 0 unspecified atom stereocenters. The molecule has 0 saturated heterocycles. The third-order valence-corrected chi connectivity index (χ3v) is 5.64. The van der Waals surface area contributed by atoms with Crippen LogP contribution in [0.4, 0.5) is 0 Å². The molecule has 2 aromatic carbocycles. The lowest BCUT2D eigenvalue weighted by Crippen LogP contribution is -2.34. The minimum Gasteiger partial charge on any atom is -0.497 e. The first kappa shape index (κ1) is 22.9. The third-order valence-electron chi connectivity index (χ3n) is 4.82. The van der Waals surface area contributed by atoms with Crippen LogP contribution in [0.25, 0.3) is 17.5 Å². The van der Waals surface area contributed by atoms with Crippen LogP contribution in [0.15, 0.2) is 76.3 Å². The molecule has 2 heterocycles. The first-order valence-corrected chi connectivity index (χ1v) is 11.3. The Hall–Kier alpha value is -4.24. The molecule has 0 aliphatic rings. The highest BCUT2D eigenvalue weighted by atomic mass is 32.1. The highest BCUT2D eigenvalue weighted by molar-refractivity contribution is 7.10. The molecule has 4 aromatic rings. The van der Waals surface area contributed by atoms with E-state index >= 15 is 0 Å². The lowest BCUT2D eigenvalue weighted by Gasteiger charge is -2.10. The van der Waals surface area contributed by atoms with Gasteiger partial charge in [0.1, 0.15) is 11.4 Å². The molecule has 172 valence electrons. The molecule has 8 nitrogen and oxygen atoms in total. The van der Waals surface area contributed by atoms with Gasteiger partial charge in [0.05, 0.1) is 13.7 Å². The molecule has 0 atom stereocenters. The van der Waals surface area contributed by atoms with Crippen LogP contribution in [0, 0.1) is 6.92 Å². The van der Waals surface area contributed by atoms with Crippen LogP contribution in [0.3, 0.4) is 0 Å². The van der Waals surface area contributed by atoms with E-state index in [0.29, 0.717) is 17.1 Å². The molecule has 9 heteroatoms. The van der Waals surface area contributed by atoms with Crippen LogP contribution in [0.1, 0.15) is 26.7 Å². The summed E-state index contributed by atoms with van der Waals surface area (Å²) in [4.78, 5) is 30.8. The lowest BCUT2D eigenvalue weighted by atomic mass is 10.1. The molecule has 34 heavy (non-hydrogen) atoms. The van der Waals surface area contributed by atoms with Gasteiger partial charge in [-0.3, -0.25) is 9.59 Å². The van der Waals surface area contributed by atoms with Gasteiger partial charge in [-0.05, 0) is 54.8 Å². The van der Waals surface area contributed by atoms with Gasteiger partial charge in [0, 0.05) is 16.0 Å². The number of aryl methyl sites for hydroxylation is 1. The summed E-state index contributed by atoms with van der Waals surface area (Å²) in [6.07, 6.45) is 1.62. The van der Waals surface area contributed by atoms with E-state index in [1.54, 1.807) is 37.5 Å². The molecule has 0 bridgehead atoms. The molecule has 2 amide bonds. The van der Waals surface area contributed by atoms with Crippen LogP contribution in [-0.4, -0.2) is 29.1 Å². The smallest absolute Gasteiger partial charge is 0.268 e. The van der Waals surface area contributed by atoms with Crippen LogP contribution < -0.4 is 15.4 Å². The van der Waals surface area contributed by atoms with Crippen molar-refractivity contribution in [2.75, 3.05) is 7.11 Å². The average molecular weight is 475 g/mol. The maximum atomic E-state index is 12.9. The second-order valence-corrected chi connectivity index (χ2v) is 8.30. The van der Waals surface area contributed by atoms with Gasteiger partial charge in [-0.1, -0.05) is 35.0 Å². The van der Waals surface area contributed by atoms with Crippen molar-refractivity contribution in [2.24, 2.45) is 0 Å². The van der Waals surface area contributed by atoms with Crippen LogP contribution in [0.2, 0.25) is 0 Å². The molecule has 2 N–H and O–H groups in total. The van der Waals surface area contributed by atoms with Crippen molar-refractivity contribution in [1.29, 1.82) is 0 Å². The SMILES string of the molecule is COc1ccc(C(=O)N/C(=C\c2cccs2)C(=O)NCc2nc(-c3cccc(C)c3)no2)cc1. The highest BCUT2D eigenvalue weighted by Crippen LogP contribution is 2.17. The second kappa shape index (κ2) is 10.6. The number of aromatic nitrogens is 2. The lowest BCUT2D eigenvalue weighted by molar-refractivity contribution is -0.118. The number of carbonyl (C=O) groups excluding carboxylic acids is 2. The van der Waals surface area contributed by atoms with Crippen molar-refractivity contribution in [3.05, 3.63) is 93.6 Å². The van der Waals surface area contributed by atoms with Crippen molar-refractivity contribution in [3.8, 4) is 17.1 Å². The van der Waals surface area contributed by atoms with Gasteiger partial charge in [0.25, 0.3) is 11.8 Å². The van der Waals surface area contributed by atoms with Gasteiger partial charge < -0.3 is 19.9 Å². The van der Waals surface area contributed by atoms with E-state index in [4.69, 9.17) is 9.26 Å². The van der Waals surface area contributed by atoms with E-state index in [1.807, 2.05) is 48.7 Å². The zero-order chi connectivity index (χ0) is 23.9. The molecule has 0 aliphatic carbocycles. The van der Waals surface area contributed by atoms with E-state index in [2.05, 4.69) is 20.8 Å². The molecule has 0 saturated carbocycles. The zero-order valence-corrected chi connectivity index (χ0v) is 19.4. The van der Waals surface area contributed by atoms with E-state index in [1.165, 1.54) is 11.3 Å². The minimum atomic E-state index is -0.481. The number of hydrogen-bond acceptors (Lipinski definition) is 7. The van der Waals surface area contributed by atoms with E-state index in [0.717, 1.165) is 16.0 Å². The standard InChI is InChI=1S/C25H22N4O4S/c1-16-5-3-6-18(13-16)23-28-22(33-29-23)15-26-25(31)21(14-20-7-4-12-34-20)27-24(30)17-8-10-19(32-2)11-9-17/h3-14H,15H2,1-2H3,(H,26,31)(H,27,30)/b21-14-. The Bertz CT molecular complexity index is 1310. The minimum absolute atomic E-state index is 0.0117. The van der Waals surface area contributed by atoms with E-state index < -0.39 is 11.8 Å². The number of rotatable bonds is 8. The molecular formula is C25H22N4O4S. The first-order chi connectivity index (χ1) is 16.5. The van der Waals surface area contributed by atoms with Crippen molar-refractivity contribution < 1.29 is 18.8 Å². The van der Waals surface area contributed by atoms with Crippen molar-refractivity contribution in [1.82, 2.24) is 20.8 Å². The second-order valence-electron chi connectivity index (χ2n) is 7.32. The highest BCUT2D eigenvalue weighted by Gasteiger charge is 2.17. The Balaban J connectivity index is 1.46. The monoisotopic (exact) mass is 474 g/mol. The molecular weight excluding hydrogens is 452 g/mol. The fourth-order valence-corrected chi connectivity index (χ4v) is 3.75. The summed E-state index contributed by atoms with van der Waals surface area (Å²) in [5.74, 6) is 0.427. The molecule has 0 fully saturated rings. The number of methoxy groups -OCH3 is 1. The Morgan fingerprint density at radius 2 is 1.94 bits per heavy atom. The summed E-state index contributed by atoms with van der Waals surface area (Å²) < 4.78 is 10.4. The van der Waals surface area contributed by atoms with Gasteiger partial charge in [-0.2, -0.15) is 4.98 Å². The van der Waals surface area contributed by atoms with Crippen molar-refractivity contribution in [3.63, 3.8) is 0 Å². The first-order valence-electron chi connectivity index (χ1n) is 10.4. The molecule has 0 spiro atoms. The van der Waals surface area contributed by atoms with Gasteiger partial charge in [-0.15, -0.1) is 11.3 Å². The summed E-state index contributed by atoms with van der Waals surface area (Å²) in [6.45, 7) is 1.99. The van der Waals surface area contributed by atoms with Crippen LogP contribution >= 0.6 is 11.3 Å². The predicted octanol–water partition coefficient (Wildman–Crippen LogP) is 4.20. The number of ether oxygens (including phenoxy) is 1. The summed E-state index contributed by atoms with van der Waals surface area (Å²) in [5.41, 5.74) is 2.39. The van der Waals surface area contributed by atoms with E-state index in [-0.39, 0.29) is 18.1 Å². The molecule has 0 aliphatic heterocycles. The Morgan fingerprint density at radius 3 is 2.65 bits per heavy atom. The zero-order valence-electron chi connectivity index (χ0n) is 18.6. The normalized spacial score (nSPS) is 11.2. The summed E-state index contributed by atoms with van der Waals surface area (Å²) in [6, 6.07) is 18.0. The maximum Gasteiger partial charge on any atom is 0.268 e. The number of nitrogens with zero attached hydrogens (tertiary/aromatic N) is 2. The van der Waals surface area contributed by atoms with Gasteiger partial charge in [0.2, 0.25) is 11.7 Å². The quantitative estimate of drug-likeness (QED) is 0.371. The van der Waals surface area contributed by atoms with Gasteiger partial charge >= 0.3 is 0 Å². The number of nitrogens with one attached hydrogen (secondary N) is 2. The largest absolute Gasteiger partial charge is 0.497 e. The summed E-state index contributed by atoms with van der Waals surface area (Å²) in [5, 5.41) is 11.3. The Morgan fingerprint density at radius 1 is 1.12 bits per heavy atom. The van der Waals surface area contributed by atoms with Gasteiger partial charge in [0.15, 0.2) is 0 Å². The van der Waals surface area contributed by atoms with Crippen molar-refractivity contribution >= 4 is 29.2 Å². The number of carbonyl (C=O) groups is 2. The Labute approximate surface area is 200 Å². The molecule has 2 aromatic heterocycles. The topological polar surface area (TPSA) is 106 Å². The molecule has 0 radical (unpaired) electrons. The predicted molar refractivity (Wildman–Crippen MR) is 129 cm³/mol. The van der Waals surface area contributed by atoms with Gasteiger partial charge in [-0.25, -0.2) is 0 Å².